The SMILES string of the molecule is CSc1ccc(C(=O)Nc2cccc([C@@H](C)Oc3cc(-c4ccnn4C)cnc3N)c2)cc1. The number of aryl methyl sites for hydroxylation is 1. The van der Waals surface area contributed by atoms with Crippen LogP contribution in [0.2, 0.25) is 0 Å². The molecule has 4 aromatic rings. The number of benzene rings is 2. The summed E-state index contributed by atoms with van der Waals surface area (Å²) in [4.78, 5) is 18.0. The predicted molar refractivity (Wildman–Crippen MR) is 133 cm³/mol. The van der Waals surface area contributed by atoms with Crippen molar-refractivity contribution in [3.8, 4) is 17.0 Å². The van der Waals surface area contributed by atoms with Gasteiger partial charge in [-0.05, 0) is 67.3 Å². The summed E-state index contributed by atoms with van der Waals surface area (Å²) in [5, 5.41) is 7.15. The van der Waals surface area contributed by atoms with Gasteiger partial charge in [0.15, 0.2) is 11.6 Å². The van der Waals surface area contributed by atoms with E-state index in [4.69, 9.17) is 10.5 Å². The average Bonchev–Trinajstić information content (AvgIpc) is 3.26. The zero-order valence-electron chi connectivity index (χ0n) is 18.6. The lowest BCUT2D eigenvalue weighted by molar-refractivity contribution is 0.102. The number of anilines is 2. The van der Waals surface area contributed by atoms with Gasteiger partial charge in [-0.25, -0.2) is 4.98 Å². The summed E-state index contributed by atoms with van der Waals surface area (Å²) in [5.74, 6) is 0.640. The topological polar surface area (TPSA) is 95.1 Å². The molecule has 2 aromatic heterocycles. The molecule has 4 rings (SSSR count). The van der Waals surface area contributed by atoms with Crippen molar-refractivity contribution in [2.45, 2.75) is 17.9 Å². The summed E-state index contributed by atoms with van der Waals surface area (Å²) in [6.45, 7) is 1.93. The number of aromatic nitrogens is 3. The number of nitrogens with two attached hydrogens (primary N) is 1. The maximum absolute atomic E-state index is 12.6. The van der Waals surface area contributed by atoms with Crippen LogP contribution in [0.1, 0.15) is 28.9 Å². The van der Waals surface area contributed by atoms with Gasteiger partial charge in [-0.15, -0.1) is 11.8 Å². The first-order valence-corrected chi connectivity index (χ1v) is 11.6. The number of nitrogens with one attached hydrogen (secondary N) is 1. The van der Waals surface area contributed by atoms with Gasteiger partial charge in [-0.1, -0.05) is 12.1 Å². The molecule has 0 fully saturated rings. The minimum atomic E-state index is -0.311. The summed E-state index contributed by atoms with van der Waals surface area (Å²) >= 11 is 1.64. The highest BCUT2D eigenvalue weighted by Crippen LogP contribution is 2.31. The molecule has 0 saturated heterocycles. The molecule has 0 spiro atoms. The van der Waals surface area contributed by atoms with Gasteiger partial charge in [-0.3, -0.25) is 9.48 Å². The number of carbonyl (C=O) groups is 1. The second kappa shape index (κ2) is 9.79. The van der Waals surface area contributed by atoms with Crippen LogP contribution in [-0.2, 0) is 7.05 Å². The summed E-state index contributed by atoms with van der Waals surface area (Å²) < 4.78 is 7.91. The molecular weight excluding hydrogens is 434 g/mol. The average molecular weight is 460 g/mol. The molecule has 168 valence electrons. The third-order valence-corrected chi connectivity index (χ3v) is 6.01. The van der Waals surface area contributed by atoms with Crippen LogP contribution in [0, 0.1) is 0 Å². The van der Waals surface area contributed by atoms with Crippen molar-refractivity contribution in [2.75, 3.05) is 17.3 Å². The summed E-state index contributed by atoms with van der Waals surface area (Å²) in [6.07, 6.45) is 5.12. The molecule has 3 N–H and O–H groups in total. The Hall–Kier alpha value is -3.78. The largest absolute Gasteiger partial charge is 0.482 e. The Morgan fingerprint density at radius 1 is 1.15 bits per heavy atom. The van der Waals surface area contributed by atoms with Crippen molar-refractivity contribution >= 4 is 29.2 Å². The minimum Gasteiger partial charge on any atom is -0.482 e. The molecule has 7 nitrogen and oxygen atoms in total. The van der Waals surface area contributed by atoms with E-state index in [1.54, 1.807) is 28.8 Å². The molecule has 2 aromatic carbocycles. The lowest BCUT2D eigenvalue weighted by atomic mass is 10.1. The Morgan fingerprint density at radius 2 is 1.94 bits per heavy atom. The number of pyridine rings is 1. The van der Waals surface area contributed by atoms with Crippen LogP contribution in [0.3, 0.4) is 0 Å². The van der Waals surface area contributed by atoms with Crippen molar-refractivity contribution in [3.05, 3.63) is 84.2 Å². The fraction of sp³-hybridized carbons (Fsp3) is 0.160. The molecule has 1 amide bonds. The summed E-state index contributed by atoms with van der Waals surface area (Å²) in [5.41, 5.74) is 10.0. The van der Waals surface area contributed by atoms with Crippen molar-refractivity contribution in [3.63, 3.8) is 0 Å². The highest BCUT2D eigenvalue weighted by Gasteiger charge is 2.14. The van der Waals surface area contributed by atoms with Gasteiger partial charge in [0.2, 0.25) is 0 Å². The number of nitrogen functional groups attached to an aromatic ring is 1. The number of nitrogens with zero attached hydrogens (tertiary/aromatic N) is 3. The van der Waals surface area contributed by atoms with Gasteiger partial charge in [0.05, 0.1) is 5.69 Å². The monoisotopic (exact) mass is 459 g/mol. The Labute approximate surface area is 197 Å². The van der Waals surface area contributed by atoms with E-state index in [0.717, 1.165) is 21.7 Å². The van der Waals surface area contributed by atoms with E-state index < -0.39 is 0 Å². The number of thioether (sulfide) groups is 1. The second-order valence-corrected chi connectivity index (χ2v) is 8.40. The van der Waals surface area contributed by atoms with Gasteiger partial charge in [-0.2, -0.15) is 5.10 Å². The maximum atomic E-state index is 12.6. The van der Waals surface area contributed by atoms with E-state index in [1.807, 2.05) is 80.9 Å². The van der Waals surface area contributed by atoms with Crippen LogP contribution in [0.4, 0.5) is 11.5 Å². The zero-order chi connectivity index (χ0) is 23.4. The molecule has 0 aliphatic carbocycles. The highest BCUT2D eigenvalue weighted by molar-refractivity contribution is 7.98. The van der Waals surface area contributed by atoms with Crippen LogP contribution in [0.15, 0.2) is 78.0 Å². The van der Waals surface area contributed by atoms with E-state index in [2.05, 4.69) is 15.4 Å². The molecule has 0 saturated carbocycles. The van der Waals surface area contributed by atoms with Gasteiger partial charge in [0.1, 0.15) is 6.10 Å². The first-order valence-electron chi connectivity index (χ1n) is 10.4. The highest BCUT2D eigenvalue weighted by atomic mass is 32.2. The van der Waals surface area contributed by atoms with Crippen LogP contribution < -0.4 is 15.8 Å². The number of ether oxygens (including phenoxy) is 1. The van der Waals surface area contributed by atoms with Crippen LogP contribution in [0.25, 0.3) is 11.3 Å². The number of carbonyl (C=O) groups excluding carboxylic acids is 1. The molecule has 33 heavy (non-hydrogen) atoms. The fourth-order valence-corrected chi connectivity index (χ4v) is 3.83. The predicted octanol–water partition coefficient (Wildman–Crippen LogP) is 5.18. The third kappa shape index (κ3) is 5.18. The van der Waals surface area contributed by atoms with E-state index in [1.165, 1.54) is 0 Å². The van der Waals surface area contributed by atoms with Gasteiger partial charge >= 0.3 is 0 Å². The van der Waals surface area contributed by atoms with Crippen LogP contribution in [0.5, 0.6) is 5.75 Å². The maximum Gasteiger partial charge on any atom is 0.255 e. The van der Waals surface area contributed by atoms with Crippen molar-refractivity contribution < 1.29 is 9.53 Å². The van der Waals surface area contributed by atoms with Gasteiger partial charge < -0.3 is 15.8 Å². The van der Waals surface area contributed by atoms with E-state index in [0.29, 0.717) is 22.8 Å². The Morgan fingerprint density at radius 3 is 2.64 bits per heavy atom. The van der Waals surface area contributed by atoms with E-state index >= 15 is 0 Å². The number of hydrogen-bond donors (Lipinski definition) is 2. The van der Waals surface area contributed by atoms with Crippen molar-refractivity contribution in [2.24, 2.45) is 7.05 Å². The van der Waals surface area contributed by atoms with E-state index in [-0.39, 0.29) is 12.0 Å². The van der Waals surface area contributed by atoms with Crippen molar-refractivity contribution in [1.29, 1.82) is 0 Å². The number of hydrogen-bond acceptors (Lipinski definition) is 6. The zero-order valence-corrected chi connectivity index (χ0v) is 19.5. The van der Waals surface area contributed by atoms with Crippen LogP contribution >= 0.6 is 11.8 Å². The lowest BCUT2D eigenvalue weighted by Crippen LogP contribution is -2.12. The first kappa shape index (κ1) is 22.4. The molecule has 0 radical (unpaired) electrons. The van der Waals surface area contributed by atoms with Crippen molar-refractivity contribution in [1.82, 2.24) is 14.8 Å². The van der Waals surface area contributed by atoms with Crippen LogP contribution in [-0.4, -0.2) is 26.9 Å². The molecular formula is C25H25N5O2S. The summed E-state index contributed by atoms with van der Waals surface area (Å²) in [7, 11) is 1.87. The Kier molecular flexibility index (Phi) is 6.65. The Balaban J connectivity index is 1.49. The number of rotatable bonds is 7. The first-order chi connectivity index (χ1) is 15.9. The molecule has 0 aliphatic rings. The molecule has 1 atom stereocenters. The normalized spacial score (nSPS) is 11.7. The molecule has 2 heterocycles. The van der Waals surface area contributed by atoms with Gasteiger partial charge in [0, 0.05) is 41.2 Å². The Bertz CT molecular complexity index is 1270. The van der Waals surface area contributed by atoms with Gasteiger partial charge in [0.25, 0.3) is 5.91 Å². The summed E-state index contributed by atoms with van der Waals surface area (Å²) in [6, 6.07) is 18.9. The second-order valence-electron chi connectivity index (χ2n) is 7.52. The molecule has 0 unspecified atom stereocenters. The molecule has 0 aliphatic heterocycles. The standard InChI is InChI=1S/C25H25N5O2S/c1-16(32-23-14-19(15-27-24(23)26)22-11-12-28-30(22)2)18-5-4-6-20(13-18)29-25(31)17-7-9-21(33-3)10-8-17/h4-16H,1-3H3,(H2,26,27)(H,29,31)/t16-/m1/s1. The smallest absolute Gasteiger partial charge is 0.255 e. The lowest BCUT2D eigenvalue weighted by Gasteiger charge is -2.18. The fourth-order valence-electron chi connectivity index (χ4n) is 3.42. The minimum absolute atomic E-state index is 0.161. The molecule has 0 bridgehead atoms. The number of amides is 1. The quantitative estimate of drug-likeness (QED) is 0.370. The van der Waals surface area contributed by atoms with E-state index in [9.17, 15) is 4.79 Å². The molecule has 8 heteroatoms. The third-order valence-electron chi connectivity index (χ3n) is 5.27.